The molecular formula is C18H12BrClF6. The van der Waals surface area contributed by atoms with Crippen LogP contribution in [0.15, 0.2) is 46.9 Å². The maximum absolute atomic E-state index is 13.4. The quantitative estimate of drug-likeness (QED) is 0.413. The smallest absolute Gasteiger partial charge is 0.170 e. The Hall–Kier alpha value is -1.47. The number of aryl methyl sites for hydroxylation is 1. The molecule has 0 fully saturated rings. The van der Waals surface area contributed by atoms with Gasteiger partial charge in [0.2, 0.25) is 0 Å². The summed E-state index contributed by atoms with van der Waals surface area (Å²) >= 11 is 8.89. The van der Waals surface area contributed by atoms with E-state index < -0.39 is 34.4 Å². The van der Waals surface area contributed by atoms with Crippen molar-refractivity contribution in [1.29, 1.82) is 0 Å². The molecular weight excluding hydrogens is 446 g/mol. The van der Waals surface area contributed by atoms with Gasteiger partial charge >= 0.3 is 12.4 Å². The Morgan fingerprint density at radius 3 is 2.19 bits per heavy atom. The number of rotatable bonds is 3. The summed E-state index contributed by atoms with van der Waals surface area (Å²) in [7, 11) is 0. The van der Waals surface area contributed by atoms with Gasteiger partial charge in [0.15, 0.2) is 0 Å². The first-order valence-corrected chi connectivity index (χ1v) is 8.44. The number of hydrogen-bond donors (Lipinski definition) is 0. The third kappa shape index (κ3) is 5.27. The summed E-state index contributed by atoms with van der Waals surface area (Å²) in [4.78, 5) is 0. The van der Waals surface area contributed by atoms with Crippen molar-refractivity contribution in [3.05, 3.63) is 74.2 Å². The number of halogens is 8. The lowest BCUT2D eigenvalue weighted by Gasteiger charge is -2.19. The van der Waals surface area contributed by atoms with Gasteiger partial charge in [-0.15, -0.1) is 0 Å². The van der Waals surface area contributed by atoms with Crippen LogP contribution in [0.25, 0.3) is 6.08 Å². The standard InChI is InChI=1S/C18H12BrClF6/c1-10-2-3-11(6-16(10)19)4-5-15(18(24,25)26)12-7-13(17(21,22)23)9-14(20)8-12/h2-9,15H,1H3/b5-4+. The fourth-order valence-corrected chi connectivity index (χ4v) is 2.92. The molecule has 2 aromatic rings. The van der Waals surface area contributed by atoms with Crippen LogP contribution < -0.4 is 0 Å². The van der Waals surface area contributed by atoms with Crippen LogP contribution in [0.3, 0.4) is 0 Å². The predicted molar refractivity (Wildman–Crippen MR) is 93.2 cm³/mol. The molecule has 0 aliphatic rings. The van der Waals surface area contributed by atoms with Crippen molar-refractivity contribution in [2.24, 2.45) is 0 Å². The predicted octanol–water partition coefficient (Wildman–Crippen LogP) is 7.79. The Kier molecular flexibility index (Phi) is 6.13. The Balaban J connectivity index is 2.47. The second kappa shape index (κ2) is 7.64. The lowest BCUT2D eigenvalue weighted by molar-refractivity contribution is -0.142. The molecule has 2 rings (SSSR count). The maximum atomic E-state index is 13.4. The van der Waals surface area contributed by atoms with Gasteiger partial charge in [-0.25, -0.2) is 0 Å². The summed E-state index contributed by atoms with van der Waals surface area (Å²) in [6.45, 7) is 1.82. The van der Waals surface area contributed by atoms with E-state index in [1.165, 1.54) is 6.08 Å². The molecule has 0 aliphatic carbocycles. The average molecular weight is 458 g/mol. The first kappa shape index (κ1) is 20.8. The molecule has 0 aromatic heterocycles. The summed E-state index contributed by atoms with van der Waals surface area (Å²) in [6.07, 6.45) is -7.52. The molecule has 0 amide bonds. The SMILES string of the molecule is Cc1ccc(/C=C/C(c2cc(Cl)cc(C(F)(F)F)c2)C(F)(F)F)cc1Br. The minimum atomic E-state index is -4.79. The third-order valence-corrected chi connectivity index (χ3v) is 4.71. The molecule has 1 atom stereocenters. The van der Waals surface area contributed by atoms with Crippen LogP contribution in [-0.2, 0) is 6.18 Å². The molecule has 0 N–H and O–H groups in total. The van der Waals surface area contributed by atoms with Crippen LogP contribution >= 0.6 is 27.5 Å². The number of benzene rings is 2. The number of allylic oxidation sites excluding steroid dienone is 1. The molecule has 0 radical (unpaired) electrons. The topological polar surface area (TPSA) is 0 Å². The monoisotopic (exact) mass is 456 g/mol. The molecule has 0 saturated carbocycles. The van der Waals surface area contributed by atoms with E-state index in [9.17, 15) is 26.3 Å². The van der Waals surface area contributed by atoms with Crippen LogP contribution in [0.5, 0.6) is 0 Å². The van der Waals surface area contributed by atoms with Gasteiger partial charge in [0, 0.05) is 9.50 Å². The summed E-state index contributed by atoms with van der Waals surface area (Å²) in [5, 5.41) is -0.407. The zero-order valence-electron chi connectivity index (χ0n) is 13.2. The number of alkyl halides is 6. The van der Waals surface area contributed by atoms with Crippen LogP contribution in [-0.4, -0.2) is 6.18 Å². The lowest BCUT2D eigenvalue weighted by atomic mass is 9.95. The van der Waals surface area contributed by atoms with Gasteiger partial charge in [0.1, 0.15) is 0 Å². The molecule has 1 unspecified atom stereocenters. The Labute approximate surface area is 159 Å². The highest BCUT2D eigenvalue weighted by Crippen LogP contribution is 2.40. The highest BCUT2D eigenvalue weighted by Gasteiger charge is 2.40. The van der Waals surface area contributed by atoms with Crippen molar-refractivity contribution < 1.29 is 26.3 Å². The van der Waals surface area contributed by atoms with Crippen LogP contribution in [0, 0.1) is 6.92 Å². The van der Waals surface area contributed by atoms with Gasteiger partial charge in [-0.2, -0.15) is 26.3 Å². The van der Waals surface area contributed by atoms with E-state index in [0.29, 0.717) is 22.2 Å². The van der Waals surface area contributed by atoms with Gasteiger partial charge in [-0.1, -0.05) is 51.8 Å². The summed E-state index contributed by atoms with van der Waals surface area (Å²) in [6, 6.07) is 6.91. The minimum Gasteiger partial charge on any atom is -0.170 e. The molecule has 0 heterocycles. The molecule has 2 aromatic carbocycles. The van der Waals surface area contributed by atoms with Gasteiger partial charge in [-0.3, -0.25) is 0 Å². The van der Waals surface area contributed by atoms with Gasteiger partial charge in [0.25, 0.3) is 0 Å². The summed E-state index contributed by atoms with van der Waals surface area (Å²) in [5.74, 6) is -2.22. The highest BCUT2D eigenvalue weighted by atomic mass is 79.9. The molecule has 140 valence electrons. The van der Waals surface area contributed by atoms with Gasteiger partial charge in [0.05, 0.1) is 11.5 Å². The molecule has 26 heavy (non-hydrogen) atoms. The van der Waals surface area contributed by atoms with Crippen molar-refractivity contribution in [1.82, 2.24) is 0 Å². The molecule has 8 heteroatoms. The Morgan fingerprint density at radius 2 is 1.65 bits per heavy atom. The van der Waals surface area contributed by atoms with E-state index >= 15 is 0 Å². The fourth-order valence-electron chi connectivity index (χ4n) is 2.28. The minimum absolute atomic E-state index is 0.407. The number of hydrogen-bond acceptors (Lipinski definition) is 0. The molecule has 0 aliphatic heterocycles. The van der Waals surface area contributed by atoms with E-state index in [1.54, 1.807) is 18.2 Å². The van der Waals surface area contributed by atoms with Gasteiger partial charge in [-0.05, 0) is 47.9 Å². The summed E-state index contributed by atoms with van der Waals surface area (Å²) in [5.41, 5.74) is -0.408. The van der Waals surface area contributed by atoms with E-state index in [0.717, 1.165) is 17.7 Å². The van der Waals surface area contributed by atoms with Crippen LogP contribution in [0.4, 0.5) is 26.3 Å². The maximum Gasteiger partial charge on any atom is 0.416 e. The molecule has 0 saturated heterocycles. The van der Waals surface area contributed by atoms with Crippen LogP contribution in [0.1, 0.15) is 28.2 Å². The Morgan fingerprint density at radius 1 is 1.00 bits per heavy atom. The summed E-state index contributed by atoms with van der Waals surface area (Å²) < 4.78 is 79.6. The molecule has 0 nitrogen and oxygen atoms in total. The van der Waals surface area contributed by atoms with Crippen molar-refractivity contribution in [3.8, 4) is 0 Å². The largest absolute Gasteiger partial charge is 0.416 e. The zero-order chi connectivity index (χ0) is 19.7. The van der Waals surface area contributed by atoms with Crippen molar-refractivity contribution in [2.75, 3.05) is 0 Å². The van der Waals surface area contributed by atoms with Crippen molar-refractivity contribution >= 4 is 33.6 Å². The zero-order valence-corrected chi connectivity index (χ0v) is 15.6. The van der Waals surface area contributed by atoms with Crippen molar-refractivity contribution in [2.45, 2.75) is 25.2 Å². The highest BCUT2D eigenvalue weighted by molar-refractivity contribution is 9.10. The van der Waals surface area contributed by atoms with E-state index in [1.807, 2.05) is 6.92 Å². The van der Waals surface area contributed by atoms with E-state index in [2.05, 4.69) is 15.9 Å². The normalized spacial score (nSPS) is 14.0. The molecule has 0 bridgehead atoms. The van der Waals surface area contributed by atoms with Crippen LogP contribution in [0.2, 0.25) is 5.02 Å². The fraction of sp³-hybridized carbons (Fsp3) is 0.222. The average Bonchev–Trinajstić information content (AvgIpc) is 2.48. The third-order valence-electron chi connectivity index (χ3n) is 3.64. The van der Waals surface area contributed by atoms with Gasteiger partial charge < -0.3 is 0 Å². The second-order valence-corrected chi connectivity index (χ2v) is 6.95. The first-order valence-electron chi connectivity index (χ1n) is 7.26. The van der Waals surface area contributed by atoms with Crippen molar-refractivity contribution in [3.63, 3.8) is 0 Å². The van der Waals surface area contributed by atoms with E-state index in [-0.39, 0.29) is 0 Å². The Bertz CT molecular complexity index is 823. The molecule has 0 spiro atoms. The lowest BCUT2D eigenvalue weighted by Crippen LogP contribution is -2.19. The first-order chi connectivity index (χ1) is 11.9. The second-order valence-electron chi connectivity index (χ2n) is 5.66. The van der Waals surface area contributed by atoms with E-state index in [4.69, 9.17) is 11.6 Å².